The van der Waals surface area contributed by atoms with Gasteiger partial charge in [-0.05, 0) is 44.4 Å². The third kappa shape index (κ3) is 6.04. The van der Waals surface area contributed by atoms with Crippen molar-refractivity contribution < 1.29 is 9.53 Å². The largest absolute Gasteiger partial charge is 0.490 e. The Balaban J connectivity index is 0.00000264. The van der Waals surface area contributed by atoms with Crippen LogP contribution in [0.5, 0.6) is 5.75 Å². The van der Waals surface area contributed by atoms with Gasteiger partial charge in [-0.1, -0.05) is 12.1 Å². The molecule has 0 spiro atoms. The van der Waals surface area contributed by atoms with Crippen molar-refractivity contribution >= 4 is 18.3 Å². The van der Waals surface area contributed by atoms with Crippen LogP contribution in [-0.4, -0.2) is 36.0 Å². The molecule has 0 saturated carbocycles. The molecule has 1 heterocycles. The van der Waals surface area contributed by atoms with Crippen molar-refractivity contribution in [1.29, 1.82) is 0 Å². The summed E-state index contributed by atoms with van der Waals surface area (Å²) < 4.78 is 6.14. The number of rotatable bonds is 5. The lowest BCUT2D eigenvalue weighted by molar-refractivity contribution is -0.133. The highest BCUT2D eigenvalue weighted by atomic mass is 35.5. The highest BCUT2D eigenvalue weighted by Crippen LogP contribution is 2.24. The number of hydrogen-bond donors (Lipinski definition) is 1. The van der Waals surface area contributed by atoms with Crippen LogP contribution in [-0.2, 0) is 4.79 Å². The second-order valence-electron chi connectivity index (χ2n) is 6.48. The second-order valence-corrected chi connectivity index (χ2v) is 6.48. The molecule has 1 aromatic rings. The molecular weight excluding hydrogens is 312 g/mol. The van der Waals surface area contributed by atoms with Gasteiger partial charge in [-0.25, -0.2) is 0 Å². The number of piperidine rings is 1. The number of benzene rings is 1. The number of carbonyl (C=O) groups is 1. The van der Waals surface area contributed by atoms with Crippen LogP contribution in [0.15, 0.2) is 18.2 Å². The maximum atomic E-state index is 12.1. The fraction of sp³-hybridized carbons (Fsp3) is 0.611. The predicted octanol–water partition coefficient (Wildman–Crippen LogP) is 3.22. The Hall–Kier alpha value is -1.26. The van der Waals surface area contributed by atoms with Gasteiger partial charge in [-0.3, -0.25) is 4.79 Å². The zero-order valence-corrected chi connectivity index (χ0v) is 15.2. The Bertz CT molecular complexity index is 512. The van der Waals surface area contributed by atoms with E-state index in [1.54, 1.807) is 0 Å². The van der Waals surface area contributed by atoms with Crippen LogP contribution < -0.4 is 10.5 Å². The number of amides is 1. The van der Waals surface area contributed by atoms with Crippen LogP contribution in [0, 0.1) is 13.8 Å². The Kier molecular flexibility index (Phi) is 7.86. The van der Waals surface area contributed by atoms with Crippen LogP contribution in [0.4, 0.5) is 0 Å². The van der Waals surface area contributed by atoms with E-state index in [9.17, 15) is 4.79 Å². The molecule has 2 N–H and O–H groups in total. The molecule has 130 valence electrons. The van der Waals surface area contributed by atoms with E-state index in [1.165, 1.54) is 11.1 Å². The first-order valence-electron chi connectivity index (χ1n) is 8.23. The smallest absolute Gasteiger partial charge is 0.222 e. The van der Waals surface area contributed by atoms with E-state index >= 15 is 0 Å². The molecule has 0 aliphatic carbocycles. The van der Waals surface area contributed by atoms with Crippen LogP contribution in [0.3, 0.4) is 0 Å². The van der Waals surface area contributed by atoms with Crippen molar-refractivity contribution in [3.63, 3.8) is 0 Å². The molecule has 1 aliphatic rings. The van der Waals surface area contributed by atoms with E-state index < -0.39 is 0 Å². The van der Waals surface area contributed by atoms with E-state index in [0.29, 0.717) is 6.42 Å². The molecule has 1 aromatic carbocycles. The average molecular weight is 341 g/mol. The quantitative estimate of drug-likeness (QED) is 0.895. The van der Waals surface area contributed by atoms with E-state index in [1.807, 2.05) is 11.8 Å². The summed E-state index contributed by atoms with van der Waals surface area (Å²) in [6, 6.07) is 6.38. The summed E-state index contributed by atoms with van der Waals surface area (Å²) in [5, 5.41) is 0. The van der Waals surface area contributed by atoms with Crippen LogP contribution in [0.2, 0.25) is 0 Å². The average Bonchev–Trinajstić information content (AvgIpc) is 2.49. The van der Waals surface area contributed by atoms with Crippen LogP contribution in [0.25, 0.3) is 0 Å². The Morgan fingerprint density at radius 3 is 2.61 bits per heavy atom. The molecule has 1 fully saturated rings. The SMILES string of the molecule is Cc1ccc(C)c(OC2CCN(C(=O)CCC(C)N)CC2)c1.Cl. The number of carbonyl (C=O) groups excluding carboxylic acids is 1. The maximum absolute atomic E-state index is 12.1. The minimum Gasteiger partial charge on any atom is -0.490 e. The Morgan fingerprint density at radius 1 is 1.35 bits per heavy atom. The third-order valence-corrected chi connectivity index (χ3v) is 4.25. The van der Waals surface area contributed by atoms with Gasteiger partial charge >= 0.3 is 0 Å². The number of halogens is 1. The number of likely N-dealkylation sites (tertiary alicyclic amines) is 1. The zero-order valence-electron chi connectivity index (χ0n) is 14.4. The number of ether oxygens (including phenoxy) is 1. The lowest BCUT2D eigenvalue weighted by Gasteiger charge is -2.32. The molecule has 2 rings (SSSR count). The summed E-state index contributed by atoms with van der Waals surface area (Å²) in [5.74, 6) is 1.20. The van der Waals surface area contributed by atoms with Gasteiger partial charge in [0.2, 0.25) is 5.91 Å². The molecule has 1 amide bonds. The first-order valence-corrected chi connectivity index (χ1v) is 8.23. The molecule has 23 heavy (non-hydrogen) atoms. The monoisotopic (exact) mass is 340 g/mol. The van der Waals surface area contributed by atoms with Gasteiger partial charge in [0, 0.05) is 38.4 Å². The minimum absolute atomic E-state index is 0. The van der Waals surface area contributed by atoms with Crippen molar-refractivity contribution in [3.05, 3.63) is 29.3 Å². The predicted molar refractivity (Wildman–Crippen MR) is 96.3 cm³/mol. The number of aryl methyl sites for hydroxylation is 2. The van der Waals surface area contributed by atoms with Crippen molar-refractivity contribution in [2.24, 2.45) is 5.73 Å². The van der Waals surface area contributed by atoms with Crippen molar-refractivity contribution in [2.45, 2.75) is 58.6 Å². The fourth-order valence-corrected chi connectivity index (χ4v) is 2.75. The zero-order chi connectivity index (χ0) is 16.1. The summed E-state index contributed by atoms with van der Waals surface area (Å²) in [6.45, 7) is 7.66. The first kappa shape index (κ1) is 19.8. The molecule has 4 nitrogen and oxygen atoms in total. The number of hydrogen-bond acceptors (Lipinski definition) is 3. The summed E-state index contributed by atoms with van der Waals surface area (Å²) in [7, 11) is 0. The summed E-state index contributed by atoms with van der Waals surface area (Å²) in [5.41, 5.74) is 8.09. The minimum atomic E-state index is 0. The molecule has 5 heteroatoms. The number of nitrogens with zero attached hydrogens (tertiary/aromatic N) is 1. The molecule has 0 bridgehead atoms. The first-order chi connectivity index (χ1) is 10.5. The molecule has 0 aromatic heterocycles. The molecule has 0 radical (unpaired) electrons. The van der Waals surface area contributed by atoms with Crippen molar-refractivity contribution in [1.82, 2.24) is 4.90 Å². The lowest BCUT2D eigenvalue weighted by Crippen LogP contribution is -2.42. The van der Waals surface area contributed by atoms with Gasteiger partial charge in [-0.2, -0.15) is 0 Å². The van der Waals surface area contributed by atoms with Gasteiger partial charge in [0.25, 0.3) is 0 Å². The second kappa shape index (κ2) is 9.14. The Labute approximate surface area is 145 Å². The summed E-state index contributed by atoms with van der Waals surface area (Å²) in [6.07, 6.45) is 3.32. The summed E-state index contributed by atoms with van der Waals surface area (Å²) in [4.78, 5) is 14.0. The van der Waals surface area contributed by atoms with Crippen molar-refractivity contribution in [3.8, 4) is 5.75 Å². The normalized spacial score (nSPS) is 16.6. The molecule has 1 aliphatic heterocycles. The van der Waals surface area contributed by atoms with Crippen LogP contribution in [0.1, 0.15) is 43.7 Å². The van der Waals surface area contributed by atoms with E-state index in [2.05, 4.69) is 32.0 Å². The van der Waals surface area contributed by atoms with Crippen molar-refractivity contribution in [2.75, 3.05) is 13.1 Å². The van der Waals surface area contributed by atoms with Gasteiger partial charge in [0.1, 0.15) is 11.9 Å². The molecule has 1 unspecified atom stereocenters. The topological polar surface area (TPSA) is 55.6 Å². The van der Waals surface area contributed by atoms with Gasteiger partial charge < -0.3 is 15.4 Å². The third-order valence-electron chi connectivity index (χ3n) is 4.25. The maximum Gasteiger partial charge on any atom is 0.222 e. The molecule has 1 atom stereocenters. The summed E-state index contributed by atoms with van der Waals surface area (Å²) >= 11 is 0. The fourth-order valence-electron chi connectivity index (χ4n) is 2.75. The van der Waals surface area contributed by atoms with E-state index in [0.717, 1.165) is 38.1 Å². The highest BCUT2D eigenvalue weighted by molar-refractivity contribution is 5.85. The standard InChI is InChI=1S/C18H28N2O2.ClH/c1-13-4-5-14(2)17(12-13)22-16-8-10-20(11-9-16)18(21)7-6-15(3)19;/h4-5,12,15-16H,6-11,19H2,1-3H3;1H. The highest BCUT2D eigenvalue weighted by Gasteiger charge is 2.24. The number of nitrogens with two attached hydrogens (primary N) is 1. The molecular formula is C18H29ClN2O2. The van der Waals surface area contributed by atoms with E-state index in [4.69, 9.17) is 10.5 Å². The van der Waals surface area contributed by atoms with E-state index in [-0.39, 0.29) is 30.5 Å². The molecule has 1 saturated heterocycles. The lowest BCUT2D eigenvalue weighted by atomic mass is 10.1. The van der Waals surface area contributed by atoms with Gasteiger partial charge in [0.05, 0.1) is 0 Å². The van der Waals surface area contributed by atoms with Gasteiger partial charge in [0.15, 0.2) is 0 Å². The van der Waals surface area contributed by atoms with Gasteiger partial charge in [-0.15, -0.1) is 12.4 Å². The Morgan fingerprint density at radius 2 is 2.00 bits per heavy atom. The van der Waals surface area contributed by atoms with Crippen LogP contribution >= 0.6 is 12.4 Å².